The van der Waals surface area contributed by atoms with Crippen molar-refractivity contribution in [1.82, 2.24) is 5.32 Å². The molecular formula is C11H19Cl2NO. The Bertz CT molecular complexity index is 241. The van der Waals surface area contributed by atoms with Crippen LogP contribution in [-0.4, -0.2) is 25.3 Å². The van der Waals surface area contributed by atoms with E-state index in [2.05, 4.69) is 19.2 Å². The lowest BCUT2D eigenvalue weighted by atomic mass is 9.64. The molecule has 0 aromatic rings. The van der Waals surface area contributed by atoms with Crippen molar-refractivity contribution in [3.05, 3.63) is 10.6 Å². The third kappa shape index (κ3) is 3.10. The molecule has 0 spiro atoms. The predicted molar refractivity (Wildman–Crippen MR) is 65.4 cm³/mol. The zero-order chi connectivity index (χ0) is 11.5. The Labute approximate surface area is 102 Å². The molecule has 0 aromatic heterocycles. The second kappa shape index (κ2) is 5.53. The molecular weight excluding hydrogens is 233 g/mol. The lowest BCUT2D eigenvalue weighted by Gasteiger charge is -2.51. The van der Waals surface area contributed by atoms with E-state index in [1.54, 1.807) is 0 Å². The number of rotatable bonds is 5. The van der Waals surface area contributed by atoms with E-state index in [-0.39, 0.29) is 5.41 Å². The molecule has 0 aromatic carbocycles. The van der Waals surface area contributed by atoms with Crippen LogP contribution in [0.3, 0.4) is 0 Å². The summed E-state index contributed by atoms with van der Waals surface area (Å²) in [4.78, 5) is 0. The smallest absolute Gasteiger partial charge is 0.0655 e. The maximum absolute atomic E-state index is 5.82. The fraction of sp³-hybridized carbons (Fsp3) is 0.818. The van der Waals surface area contributed by atoms with Gasteiger partial charge in [-0.3, -0.25) is 0 Å². The van der Waals surface area contributed by atoms with Gasteiger partial charge in [0.25, 0.3) is 0 Å². The van der Waals surface area contributed by atoms with Gasteiger partial charge < -0.3 is 10.1 Å². The third-order valence-electron chi connectivity index (χ3n) is 3.18. The maximum atomic E-state index is 5.82. The van der Waals surface area contributed by atoms with Crippen LogP contribution in [-0.2, 0) is 4.74 Å². The molecule has 2 atom stereocenters. The average molecular weight is 252 g/mol. The summed E-state index contributed by atoms with van der Waals surface area (Å²) in [6, 6.07) is 0.458. The second-order valence-electron chi connectivity index (χ2n) is 4.49. The van der Waals surface area contributed by atoms with Crippen LogP contribution in [0.2, 0.25) is 0 Å². The summed E-state index contributed by atoms with van der Waals surface area (Å²) in [5.41, 5.74) is 1.58. The second-order valence-corrected chi connectivity index (χ2v) is 5.19. The van der Waals surface area contributed by atoms with Gasteiger partial charge >= 0.3 is 0 Å². The fourth-order valence-electron chi connectivity index (χ4n) is 1.98. The lowest BCUT2D eigenvalue weighted by Crippen LogP contribution is -2.61. The van der Waals surface area contributed by atoms with Crippen molar-refractivity contribution in [1.29, 1.82) is 0 Å². The van der Waals surface area contributed by atoms with Crippen LogP contribution in [0.15, 0.2) is 10.6 Å². The molecule has 0 amide bonds. The Balaban J connectivity index is 2.35. The van der Waals surface area contributed by atoms with Gasteiger partial charge in [0.15, 0.2) is 0 Å². The van der Waals surface area contributed by atoms with Gasteiger partial charge in [0.2, 0.25) is 0 Å². The van der Waals surface area contributed by atoms with Crippen molar-refractivity contribution >= 4 is 23.2 Å². The summed E-state index contributed by atoms with van der Waals surface area (Å²) in [5.74, 6) is 0. The van der Waals surface area contributed by atoms with Crippen LogP contribution in [0.25, 0.3) is 0 Å². The number of nitrogens with one attached hydrogen (secondary N) is 1. The summed E-state index contributed by atoms with van der Waals surface area (Å²) in [6.07, 6.45) is 1.41. The third-order valence-corrected chi connectivity index (χ3v) is 3.80. The van der Waals surface area contributed by atoms with E-state index in [0.717, 1.165) is 13.0 Å². The standard InChI is InChI=1S/C11H19Cl2NO/c1-4-15-10-5-9(11(10,2)3)14-7-8(13)6-12/h6,9-10,14H,4-5,7H2,1-3H3. The molecule has 4 heteroatoms. The van der Waals surface area contributed by atoms with Gasteiger partial charge in [0.05, 0.1) is 6.10 Å². The molecule has 88 valence electrons. The van der Waals surface area contributed by atoms with Gasteiger partial charge in [-0.1, -0.05) is 37.0 Å². The monoisotopic (exact) mass is 251 g/mol. The first-order chi connectivity index (χ1) is 7.02. The molecule has 0 saturated heterocycles. The molecule has 1 aliphatic carbocycles. The highest BCUT2D eigenvalue weighted by atomic mass is 35.5. The van der Waals surface area contributed by atoms with Crippen LogP contribution >= 0.6 is 23.2 Å². The van der Waals surface area contributed by atoms with E-state index >= 15 is 0 Å². The zero-order valence-corrected chi connectivity index (χ0v) is 11.0. The van der Waals surface area contributed by atoms with Crippen LogP contribution < -0.4 is 5.32 Å². The Kier molecular flexibility index (Phi) is 4.91. The SMILES string of the molecule is CCOC1CC(NCC(Cl)=CCl)C1(C)C. The molecule has 2 nitrogen and oxygen atoms in total. The normalized spacial score (nSPS) is 30.1. The van der Waals surface area contributed by atoms with Crippen molar-refractivity contribution < 1.29 is 4.74 Å². The van der Waals surface area contributed by atoms with Gasteiger partial charge in [-0.05, 0) is 13.3 Å². The highest BCUT2D eigenvalue weighted by molar-refractivity contribution is 6.36. The quantitative estimate of drug-likeness (QED) is 0.811. The highest BCUT2D eigenvalue weighted by Gasteiger charge is 2.48. The van der Waals surface area contributed by atoms with Crippen molar-refractivity contribution in [3.8, 4) is 0 Å². The van der Waals surface area contributed by atoms with E-state index in [4.69, 9.17) is 27.9 Å². The minimum Gasteiger partial charge on any atom is -0.378 e. The van der Waals surface area contributed by atoms with Gasteiger partial charge in [0, 0.05) is 35.2 Å². The Morgan fingerprint density at radius 3 is 2.73 bits per heavy atom. The molecule has 0 radical (unpaired) electrons. The molecule has 0 aliphatic heterocycles. The van der Waals surface area contributed by atoms with E-state index in [1.165, 1.54) is 5.54 Å². The lowest BCUT2D eigenvalue weighted by molar-refractivity contribution is -0.113. The summed E-state index contributed by atoms with van der Waals surface area (Å²) in [5, 5.41) is 4.03. The van der Waals surface area contributed by atoms with Gasteiger partial charge in [0.1, 0.15) is 0 Å². The van der Waals surface area contributed by atoms with Gasteiger partial charge in [-0.25, -0.2) is 0 Å². The van der Waals surface area contributed by atoms with E-state index in [9.17, 15) is 0 Å². The number of hydrogen-bond acceptors (Lipinski definition) is 2. The van der Waals surface area contributed by atoms with Crippen LogP contribution in [0.5, 0.6) is 0 Å². The van der Waals surface area contributed by atoms with Crippen molar-refractivity contribution in [3.63, 3.8) is 0 Å². The fourth-order valence-corrected chi connectivity index (χ4v) is 2.13. The zero-order valence-electron chi connectivity index (χ0n) is 9.52. The van der Waals surface area contributed by atoms with Crippen LogP contribution in [0, 0.1) is 5.41 Å². The first-order valence-electron chi connectivity index (χ1n) is 5.32. The average Bonchev–Trinajstić information content (AvgIpc) is 2.21. The molecule has 1 N–H and O–H groups in total. The molecule has 15 heavy (non-hydrogen) atoms. The summed E-state index contributed by atoms with van der Waals surface area (Å²) >= 11 is 11.3. The van der Waals surface area contributed by atoms with E-state index < -0.39 is 0 Å². The van der Waals surface area contributed by atoms with E-state index in [1.807, 2.05) is 6.92 Å². The molecule has 1 saturated carbocycles. The summed E-state index contributed by atoms with van der Waals surface area (Å²) < 4.78 is 5.64. The minimum atomic E-state index is 0.180. The molecule has 1 aliphatic rings. The first kappa shape index (κ1) is 13.3. The Morgan fingerprint density at radius 1 is 1.60 bits per heavy atom. The molecule has 0 heterocycles. The highest BCUT2D eigenvalue weighted by Crippen LogP contribution is 2.42. The Morgan fingerprint density at radius 2 is 2.27 bits per heavy atom. The van der Waals surface area contributed by atoms with Crippen LogP contribution in [0.4, 0.5) is 0 Å². The molecule has 0 bridgehead atoms. The topological polar surface area (TPSA) is 21.3 Å². The Hall–Kier alpha value is 0.240. The maximum Gasteiger partial charge on any atom is 0.0655 e. The predicted octanol–water partition coefficient (Wildman–Crippen LogP) is 3.10. The van der Waals surface area contributed by atoms with Gasteiger partial charge in [-0.2, -0.15) is 0 Å². The number of halogens is 2. The van der Waals surface area contributed by atoms with E-state index in [0.29, 0.717) is 23.7 Å². The number of ether oxygens (including phenoxy) is 1. The minimum absolute atomic E-state index is 0.180. The van der Waals surface area contributed by atoms with Crippen molar-refractivity contribution in [2.45, 2.75) is 39.3 Å². The van der Waals surface area contributed by atoms with Crippen molar-refractivity contribution in [2.24, 2.45) is 5.41 Å². The van der Waals surface area contributed by atoms with Crippen molar-refractivity contribution in [2.75, 3.05) is 13.2 Å². The number of hydrogen-bond donors (Lipinski definition) is 1. The molecule has 1 fully saturated rings. The first-order valence-corrected chi connectivity index (χ1v) is 6.13. The summed E-state index contributed by atoms with van der Waals surface area (Å²) in [6.45, 7) is 7.88. The summed E-state index contributed by atoms with van der Waals surface area (Å²) in [7, 11) is 0. The largest absolute Gasteiger partial charge is 0.378 e. The van der Waals surface area contributed by atoms with Gasteiger partial charge in [-0.15, -0.1) is 0 Å². The van der Waals surface area contributed by atoms with Crippen LogP contribution in [0.1, 0.15) is 27.2 Å². The molecule has 2 unspecified atom stereocenters. The molecule has 1 rings (SSSR count).